The first kappa shape index (κ1) is 24.0. The van der Waals surface area contributed by atoms with Gasteiger partial charge in [-0.3, -0.25) is 14.5 Å². The fraction of sp³-hybridized carbons (Fsp3) is 0.480. The van der Waals surface area contributed by atoms with Crippen LogP contribution in [0.15, 0.2) is 34.0 Å². The van der Waals surface area contributed by atoms with Crippen LogP contribution in [0.4, 0.5) is 5.69 Å². The minimum Gasteiger partial charge on any atom is -0.372 e. The Balaban J connectivity index is 1.91. The third kappa shape index (κ3) is 4.61. The van der Waals surface area contributed by atoms with Crippen molar-refractivity contribution in [1.82, 2.24) is 9.47 Å². The standard InChI is InChI=1S/C25H31N3O3S2/c1-5-7-12-28-24(30)21(33-25(28)32)13-19-22(26-14-16(3)31-17(4)15-26)18-10-8-9-11-20(18)27(6-2)23(19)29/h8-11,13,16-17H,5-7,12,14-15H2,1-4H3. The molecule has 2 atom stereocenters. The first-order valence-electron chi connectivity index (χ1n) is 11.7. The molecule has 0 N–H and O–H groups in total. The van der Waals surface area contributed by atoms with Gasteiger partial charge in [0.1, 0.15) is 4.32 Å². The molecule has 1 aromatic carbocycles. The van der Waals surface area contributed by atoms with Crippen LogP contribution in [0.3, 0.4) is 0 Å². The van der Waals surface area contributed by atoms with Gasteiger partial charge in [0.2, 0.25) is 0 Å². The number of rotatable bonds is 6. The van der Waals surface area contributed by atoms with Crippen LogP contribution < -0.4 is 10.5 Å². The van der Waals surface area contributed by atoms with Crippen molar-refractivity contribution in [3.8, 4) is 0 Å². The number of morpholine rings is 1. The van der Waals surface area contributed by atoms with Crippen LogP contribution in [-0.2, 0) is 16.1 Å². The summed E-state index contributed by atoms with van der Waals surface area (Å²) in [6, 6.07) is 8.01. The van der Waals surface area contributed by atoms with Gasteiger partial charge in [-0.1, -0.05) is 55.5 Å². The minimum absolute atomic E-state index is 0.0428. The highest BCUT2D eigenvalue weighted by Crippen LogP contribution is 2.37. The molecule has 0 bridgehead atoms. The van der Waals surface area contributed by atoms with E-state index in [1.54, 1.807) is 15.5 Å². The fourth-order valence-electron chi connectivity index (χ4n) is 4.70. The first-order valence-corrected chi connectivity index (χ1v) is 12.9. The number of thioether (sulfide) groups is 1. The van der Waals surface area contributed by atoms with Gasteiger partial charge in [-0.05, 0) is 39.3 Å². The molecule has 2 aliphatic heterocycles. The van der Waals surface area contributed by atoms with Crippen molar-refractivity contribution >= 4 is 56.9 Å². The zero-order valence-corrected chi connectivity index (χ0v) is 21.3. The summed E-state index contributed by atoms with van der Waals surface area (Å²) >= 11 is 6.78. The van der Waals surface area contributed by atoms with Crippen LogP contribution in [-0.4, -0.2) is 51.5 Å². The molecule has 8 heteroatoms. The first-order chi connectivity index (χ1) is 15.8. The molecule has 2 unspecified atom stereocenters. The van der Waals surface area contributed by atoms with E-state index in [0.29, 0.717) is 41.0 Å². The van der Waals surface area contributed by atoms with Crippen molar-refractivity contribution in [1.29, 1.82) is 0 Å². The number of nitrogens with zero attached hydrogens (tertiary/aromatic N) is 3. The lowest BCUT2D eigenvalue weighted by Gasteiger charge is -2.38. The number of anilines is 1. The van der Waals surface area contributed by atoms with Crippen LogP contribution in [0.25, 0.3) is 17.0 Å². The van der Waals surface area contributed by atoms with Gasteiger partial charge < -0.3 is 14.2 Å². The van der Waals surface area contributed by atoms with Crippen molar-refractivity contribution < 1.29 is 9.53 Å². The molecular weight excluding hydrogens is 454 g/mol. The number of fused-ring (bicyclic) bond motifs is 1. The van der Waals surface area contributed by atoms with Crippen LogP contribution in [0.5, 0.6) is 0 Å². The van der Waals surface area contributed by atoms with E-state index in [1.807, 2.05) is 25.1 Å². The zero-order valence-electron chi connectivity index (χ0n) is 19.7. The Morgan fingerprint density at radius 2 is 1.85 bits per heavy atom. The summed E-state index contributed by atoms with van der Waals surface area (Å²) in [4.78, 5) is 31.3. The number of benzene rings is 1. The maximum absolute atomic E-state index is 13.8. The molecule has 2 saturated heterocycles. The number of para-hydroxylation sites is 1. The van der Waals surface area contributed by atoms with E-state index in [9.17, 15) is 9.59 Å². The molecule has 33 heavy (non-hydrogen) atoms. The topological polar surface area (TPSA) is 54.8 Å². The van der Waals surface area contributed by atoms with Gasteiger partial charge in [0.05, 0.1) is 33.9 Å². The number of hydrogen-bond donors (Lipinski definition) is 0. The lowest BCUT2D eigenvalue weighted by molar-refractivity contribution is -0.122. The number of hydrogen-bond acceptors (Lipinski definition) is 6. The number of ether oxygens (including phenoxy) is 1. The molecule has 176 valence electrons. The molecule has 2 aliphatic rings. The summed E-state index contributed by atoms with van der Waals surface area (Å²) in [7, 11) is 0. The van der Waals surface area contributed by atoms with E-state index in [4.69, 9.17) is 17.0 Å². The van der Waals surface area contributed by atoms with Gasteiger partial charge in [0.25, 0.3) is 11.5 Å². The molecule has 1 aromatic heterocycles. The average Bonchev–Trinajstić information content (AvgIpc) is 3.04. The number of aromatic nitrogens is 1. The number of aryl methyl sites for hydroxylation is 1. The highest BCUT2D eigenvalue weighted by molar-refractivity contribution is 8.26. The number of unbranched alkanes of at least 4 members (excludes halogenated alkanes) is 1. The molecular formula is C25H31N3O3S2. The summed E-state index contributed by atoms with van der Waals surface area (Å²) in [6.45, 7) is 10.7. The maximum Gasteiger partial charge on any atom is 0.266 e. The van der Waals surface area contributed by atoms with Gasteiger partial charge in [-0.25, -0.2) is 0 Å². The minimum atomic E-state index is -0.108. The van der Waals surface area contributed by atoms with Crippen LogP contribution in [0.1, 0.15) is 46.1 Å². The van der Waals surface area contributed by atoms with Crippen molar-refractivity contribution in [3.63, 3.8) is 0 Å². The van der Waals surface area contributed by atoms with Crippen molar-refractivity contribution in [2.45, 2.75) is 59.3 Å². The Kier molecular flexibility index (Phi) is 7.26. The fourth-order valence-corrected chi connectivity index (χ4v) is 5.99. The summed E-state index contributed by atoms with van der Waals surface area (Å²) in [5, 5.41) is 1.01. The monoisotopic (exact) mass is 485 g/mol. The maximum atomic E-state index is 13.8. The molecule has 2 aromatic rings. The zero-order chi connectivity index (χ0) is 23.7. The molecule has 0 radical (unpaired) electrons. The Bertz CT molecular complexity index is 1160. The van der Waals surface area contributed by atoms with Gasteiger partial charge >= 0.3 is 0 Å². The SMILES string of the molecule is CCCCN1C(=O)C(=Cc2c(N3CC(C)OC(C)C3)c3ccccc3n(CC)c2=O)SC1=S. The number of thiocarbonyl (C=S) groups is 1. The smallest absolute Gasteiger partial charge is 0.266 e. The van der Waals surface area contributed by atoms with E-state index in [1.165, 1.54) is 11.8 Å². The third-order valence-electron chi connectivity index (χ3n) is 6.12. The van der Waals surface area contributed by atoms with E-state index >= 15 is 0 Å². The van der Waals surface area contributed by atoms with Gasteiger partial charge in [0.15, 0.2) is 0 Å². The number of pyridine rings is 1. The third-order valence-corrected chi connectivity index (χ3v) is 7.49. The Morgan fingerprint density at radius 1 is 1.15 bits per heavy atom. The molecule has 0 spiro atoms. The Morgan fingerprint density at radius 3 is 2.52 bits per heavy atom. The van der Waals surface area contributed by atoms with E-state index in [-0.39, 0.29) is 23.7 Å². The quantitative estimate of drug-likeness (QED) is 0.439. The van der Waals surface area contributed by atoms with E-state index < -0.39 is 0 Å². The lowest BCUT2D eigenvalue weighted by atomic mass is 10.0. The molecule has 2 fully saturated rings. The average molecular weight is 486 g/mol. The Hall–Kier alpha value is -2.16. The summed E-state index contributed by atoms with van der Waals surface area (Å²) in [5.74, 6) is -0.108. The van der Waals surface area contributed by atoms with E-state index in [2.05, 4.69) is 31.7 Å². The van der Waals surface area contributed by atoms with E-state index in [0.717, 1.165) is 29.4 Å². The second-order valence-corrected chi connectivity index (χ2v) is 10.4. The Labute approximate surface area is 204 Å². The largest absolute Gasteiger partial charge is 0.372 e. The highest BCUT2D eigenvalue weighted by Gasteiger charge is 2.33. The number of carbonyl (C=O) groups excluding carboxylic acids is 1. The second kappa shape index (κ2) is 9.99. The summed E-state index contributed by atoms with van der Waals surface area (Å²) in [5.41, 5.74) is 2.24. The normalized spacial score (nSPS) is 22.7. The summed E-state index contributed by atoms with van der Waals surface area (Å²) in [6.07, 6.45) is 3.74. The molecule has 0 aliphatic carbocycles. The lowest BCUT2D eigenvalue weighted by Crippen LogP contribution is -2.46. The second-order valence-electron chi connectivity index (χ2n) is 8.68. The van der Waals surface area contributed by atoms with Gasteiger partial charge in [-0.15, -0.1) is 0 Å². The molecule has 6 nitrogen and oxygen atoms in total. The number of amides is 1. The van der Waals surface area contributed by atoms with Crippen LogP contribution in [0.2, 0.25) is 0 Å². The predicted molar refractivity (Wildman–Crippen MR) is 141 cm³/mol. The predicted octanol–water partition coefficient (Wildman–Crippen LogP) is 4.64. The van der Waals surface area contributed by atoms with Gasteiger partial charge in [-0.2, -0.15) is 0 Å². The van der Waals surface area contributed by atoms with Crippen molar-refractivity contribution in [2.75, 3.05) is 24.5 Å². The van der Waals surface area contributed by atoms with Crippen molar-refractivity contribution in [2.24, 2.45) is 0 Å². The highest BCUT2D eigenvalue weighted by atomic mass is 32.2. The number of carbonyl (C=O) groups is 1. The molecule has 4 rings (SSSR count). The van der Waals surface area contributed by atoms with Crippen LogP contribution >= 0.6 is 24.0 Å². The van der Waals surface area contributed by atoms with Crippen molar-refractivity contribution in [3.05, 3.63) is 45.1 Å². The van der Waals surface area contributed by atoms with Gasteiger partial charge in [0, 0.05) is 31.6 Å². The summed E-state index contributed by atoms with van der Waals surface area (Å²) < 4.78 is 8.31. The molecule has 0 saturated carbocycles. The van der Waals surface area contributed by atoms with Crippen LogP contribution in [0, 0.1) is 0 Å². The molecule has 3 heterocycles. The molecule has 1 amide bonds.